The van der Waals surface area contributed by atoms with Crippen LogP contribution in [0.25, 0.3) is 0 Å². The standard InChI is InChI=1S/C21H24FN3O3/c1-2-24-9-11-25(12-10-24)19-8-7-16(13-17(19)22)21(28)23-18-6-4-3-5-15(18)14-20(26)27/h3-8,13H,2,9-12,14H2,1H3,(H,23,28)(H,26,27). The van der Waals surface area contributed by atoms with Crippen LogP contribution in [0, 0.1) is 5.82 Å². The lowest BCUT2D eigenvalue weighted by molar-refractivity contribution is -0.136. The van der Waals surface area contributed by atoms with Crippen molar-refractivity contribution in [1.82, 2.24) is 4.90 Å². The van der Waals surface area contributed by atoms with Gasteiger partial charge in [0.2, 0.25) is 0 Å². The van der Waals surface area contributed by atoms with Gasteiger partial charge in [-0.05, 0) is 36.4 Å². The number of carboxylic acid groups (broad SMARTS) is 1. The second kappa shape index (κ2) is 8.84. The largest absolute Gasteiger partial charge is 0.481 e. The third-order valence-electron chi connectivity index (χ3n) is 4.98. The quantitative estimate of drug-likeness (QED) is 0.800. The van der Waals surface area contributed by atoms with E-state index in [0.29, 0.717) is 16.9 Å². The lowest BCUT2D eigenvalue weighted by atomic mass is 10.1. The Hall–Kier alpha value is -2.93. The number of benzene rings is 2. The number of para-hydroxylation sites is 1. The predicted octanol–water partition coefficient (Wildman–Crippen LogP) is 2.85. The molecule has 2 N–H and O–H groups in total. The van der Waals surface area contributed by atoms with Crippen LogP contribution in [0.3, 0.4) is 0 Å². The van der Waals surface area contributed by atoms with Gasteiger partial charge >= 0.3 is 5.97 Å². The molecule has 0 bridgehead atoms. The summed E-state index contributed by atoms with van der Waals surface area (Å²) >= 11 is 0. The average Bonchev–Trinajstić information content (AvgIpc) is 2.69. The van der Waals surface area contributed by atoms with Crippen LogP contribution in [0.2, 0.25) is 0 Å². The average molecular weight is 385 g/mol. The van der Waals surface area contributed by atoms with Crippen molar-refractivity contribution in [3.05, 3.63) is 59.4 Å². The van der Waals surface area contributed by atoms with Crippen molar-refractivity contribution < 1.29 is 19.1 Å². The maximum Gasteiger partial charge on any atom is 0.307 e. The molecule has 1 fully saturated rings. The van der Waals surface area contributed by atoms with Crippen molar-refractivity contribution in [3.63, 3.8) is 0 Å². The number of nitrogens with zero attached hydrogens (tertiary/aromatic N) is 2. The number of anilines is 2. The van der Waals surface area contributed by atoms with E-state index < -0.39 is 17.7 Å². The highest BCUT2D eigenvalue weighted by Gasteiger charge is 2.20. The van der Waals surface area contributed by atoms with Gasteiger partial charge in [0, 0.05) is 37.4 Å². The number of carbonyl (C=O) groups excluding carboxylic acids is 1. The van der Waals surface area contributed by atoms with Crippen LogP contribution < -0.4 is 10.2 Å². The lowest BCUT2D eigenvalue weighted by Gasteiger charge is -2.35. The molecule has 1 aliphatic heterocycles. The molecule has 28 heavy (non-hydrogen) atoms. The molecule has 0 aromatic heterocycles. The number of carboxylic acids is 1. The van der Waals surface area contributed by atoms with Gasteiger partial charge in [-0.2, -0.15) is 0 Å². The summed E-state index contributed by atoms with van der Waals surface area (Å²) in [6.45, 7) is 6.37. The molecule has 1 saturated heterocycles. The molecule has 7 heteroatoms. The van der Waals surface area contributed by atoms with Crippen LogP contribution in [0.15, 0.2) is 42.5 Å². The summed E-state index contributed by atoms with van der Waals surface area (Å²) in [4.78, 5) is 27.8. The second-order valence-corrected chi connectivity index (χ2v) is 6.77. The van der Waals surface area contributed by atoms with E-state index in [2.05, 4.69) is 17.1 Å². The van der Waals surface area contributed by atoms with E-state index in [1.165, 1.54) is 6.07 Å². The molecule has 0 unspecified atom stereocenters. The first-order valence-electron chi connectivity index (χ1n) is 9.36. The van der Waals surface area contributed by atoms with Gasteiger partial charge in [0.1, 0.15) is 5.82 Å². The van der Waals surface area contributed by atoms with E-state index in [4.69, 9.17) is 5.11 Å². The maximum atomic E-state index is 14.7. The summed E-state index contributed by atoms with van der Waals surface area (Å²) in [6, 6.07) is 11.2. The third-order valence-corrected chi connectivity index (χ3v) is 4.98. The zero-order valence-corrected chi connectivity index (χ0v) is 15.8. The summed E-state index contributed by atoms with van der Waals surface area (Å²) in [7, 11) is 0. The number of carbonyl (C=O) groups is 2. The van der Waals surface area contributed by atoms with E-state index in [-0.39, 0.29) is 12.0 Å². The smallest absolute Gasteiger partial charge is 0.307 e. The normalized spacial score (nSPS) is 14.7. The second-order valence-electron chi connectivity index (χ2n) is 6.77. The molecule has 6 nitrogen and oxygen atoms in total. The predicted molar refractivity (Wildman–Crippen MR) is 106 cm³/mol. The molecular formula is C21H24FN3O3. The minimum atomic E-state index is -0.986. The van der Waals surface area contributed by atoms with Crippen molar-refractivity contribution in [2.75, 3.05) is 42.9 Å². The Morgan fingerprint density at radius 1 is 1.11 bits per heavy atom. The molecule has 1 aliphatic rings. The topological polar surface area (TPSA) is 72.9 Å². The number of nitrogens with one attached hydrogen (secondary N) is 1. The number of piperazine rings is 1. The minimum Gasteiger partial charge on any atom is -0.481 e. The van der Waals surface area contributed by atoms with E-state index in [0.717, 1.165) is 32.7 Å². The number of halogens is 1. The molecule has 2 aromatic rings. The first-order chi connectivity index (χ1) is 13.5. The van der Waals surface area contributed by atoms with Gasteiger partial charge < -0.3 is 20.2 Å². The third kappa shape index (κ3) is 4.67. The van der Waals surface area contributed by atoms with Gasteiger partial charge in [0.05, 0.1) is 12.1 Å². The Bertz CT molecular complexity index is 864. The van der Waals surface area contributed by atoms with E-state index in [9.17, 15) is 14.0 Å². The monoisotopic (exact) mass is 385 g/mol. The summed E-state index contributed by atoms with van der Waals surface area (Å²) < 4.78 is 14.7. The van der Waals surface area contributed by atoms with E-state index in [1.807, 2.05) is 4.90 Å². The fourth-order valence-corrected chi connectivity index (χ4v) is 3.36. The van der Waals surface area contributed by atoms with E-state index in [1.54, 1.807) is 36.4 Å². The SMILES string of the molecule is CCN1CCN(c2ccc(C(=O)Nc3ccccc3CC(=O)O)cc2F)CC1. The van der Waals surface area contributed by atoms with Crippen molar-refractivity contribution in [2.24, 2.45) is 0 Å². The van der Waals surface area contributed by atoms with Crippen LogP contribution >= 0.6 is 0 Å². The minimum absolute atomic E-state index is 0.193. The summed E-state index contributed by atoms with van der Waals surface area (Å²) in [5.41, 5.74) is 1.60. The Morgan fingerprint density at radius 3 is 2.46 bits per heavy atom. The Morgan fingerprint density at radius 2 is 1.82 bits per heavy atom. The zero-order valence-electron chi connectivity index (χ0n) is 15.8. The number of hydrogen-bond donors (Lipinski definition) is 2. The Labute approximate surface area is 163 Å². The number of likely N-dealkylation sites (N-methyl/N-ethyl adjacent to an activating group) is 1. The molecule has 0 atom stereocenters. The van der Waals surface area contributed by atoms with Gasteiger partial charge in [-0.1, -0.05) is 25.1 Å². The van der Waals surface area contributed by atoms with Gasteiger partial charge in [-0.25, -0.2) is 4.39 Å². The van der Waals surface area contributed by atoms with Crippen LogP contribution in [0.4, 0.5) is 15.8 Å². The Kier molecular flexibility index (Phi) is 6.26. The molecule has 1 heterocycles. The van der Waals surface area contributed by atoms with Gasteiger partial charge in [-0.3, -0.25) is 9.59 Å². The van der Waals surface area contributed by atoms with Crippen molar-refractivity contribution >= 4 is 23.3 Å². The highest BCUT2D eigenvalue weighted by atomic mass is 19.1. The van der Waals surface area contributed by atoms with Crippen LogP contribution in [0.1, 0.15) is 22.8 Å². The van der Waals surface area contributed by atoms with Gasteiger partial charge in [0.15, 0.2) is 0 Å². The van der Waals surface area contributed by atoms with Crippen LogP contribution in [0.5, 0.6) is 0 Å². The highest BCUT2D eigenvalue weighted by molar-refractivity contribution is 6.05. The lowest BCUT2D eigenvalue weighted by Crippen LogP contribution is -2.46. The molecule has 1 amide bonds. The zero-order chi connectivity index (χ0) is 20.1. The maximum absolute atomic E-state index is 14.7. The number of hydrogen-bond acceptors (Lipinski definition) is 4. The van der Waals surface area contributed by atoms with Gasteiger partial charge in [-0.15, -0.1) is 0 Å². The number of rotatable bonds is 6. The van der Waals surface area contributed by atoms with Crippen molar-refractivity contribution in [1.29, 1.82) is 0 Å². The summed E-state index contributed by atoms with van der Waals surface area (Å²) in [5.74, 6) is -1.89. The van der Waals surface area contributed by atoms with Crippen molar-refractivity contribution in [2.45, 2.75) is 13.3 Å². The fourth-order valence-electron chi connectivity index (χ4n) is 3.36. The molecule has 0 aliphatic carbocycles. The molecular weight excluding hydrogens is 361 g/mol. The molecule has 0 saturated carbocycles. The number of amides is 1. The van der Waals surface area contributed by atoms with Crippen LogP contribution in [-0.2, 0) is 11.2 Å². The number of aliphatic carboxylic acids is 1. The van der Waals surface area contributed by atoms with Crippen molar-refractivity contribution in [3.8, 4) is 0 Å². The van der Waals surface area contributed by atoms with Crippen LogP contribution in [-0.4, -0.2) is 54.6 Å². The molecule has 0 spiro atoms. The highest BCUT2D eigenvalue weighted by Crippen LogP contribution is 2.23. The fraction of sp³-hybridized carbons (Fsp3) is 0.333. The summed E-state index contributed by atoms with van der Waals surface area (Å²) in [6.07, 6.45) is -0.201. The van der Waals surface area contributed by atoms with E-state index >= 15 is 0 Å². The summed E-state index contributed by atoms with van der Waals surface area (Å²) in [5, 5.41) is 11.7. The first-order valence-corrected chi connectivity index (χ1v) is 9.36. The molecule has 2 aromatic carbocycles. The molecule has 0 radical (unpaired) electrons. The first kappa shape index (κ1) is 19.8. The van der Waals surface area contributed by atoms with Gasteiger partial charge in [0.25, 0.3) is 5.91 Å². The molecule has 148 valence electrons. The molecule has 3 rings (SSSR count). The Balaban J connectivity index is 1.72.